The number of hydrogen-bond donors (Lipinski definition) is 0. The lowest BCUT2D eigenvalue weighted by Gasteiger charge is -2.40. The van der Waals surface area contributed by atoms with Crippen molar-refractivity contribution in [2.24, 2.45) is 34.5 Å². The standard InChI is InChI=1S/C20H29NO2/c1-5-23-18(22)13(12-21)11-16-14-7-8-15-17(14)19(2,3)9-6-10-20(15,16)4/h11,14-17H,5-10H2,1-4H3/b13-11-. The van der Waals surface area contributed by atoms with Crippen molar-refractivity contribution in [3.8, 4) is 6.07 Å². The zero-order chi connectivity index (χ0) is 16.8. The molecule has 5 atom stereocenters. The van der Waals surface area contributed by atoms with Crippen LogP contribution in [0.15, 0.2) is 11.6 Å². The van der Waals surface area contributed by atoms with Gasteiger partial charge < -0.3 is 4.74 Å². The Balaban J connectivity index is 1.98. The van der Waals surface area contributed by atoms with Crippen molar-refractivity contribution in [2.45, 2.75) is 59.8 Å². The number of allylic oxidation sites excluding steroid dienone is 1. The van der Waals surface area contributed by atoms with Crippen molar-refractivity contribution in [3.05, 3.63) is 11.6 Å². The third-order valence-electron chi connectivity index (χ3n) is 7.18. The minimum atomic E-state index is -0.451. The normalized spacial score (nSPS) is 41.3. The molecular formula is C20H29NO2. The molecule has 0 amide bonds. The molecule has 3 nitrogen and oxygen atoms in total. The summed E-state index contributed by atoms with van der Waals surface area (Å²) in [5, 5.41) is 9.42. The highest BCUT2D eigenvalue weighted by Gasteiger charge is 2.64. The predicted molar refractivity (Wildman–Crippen MR) is 89.3 cm³/mol. The molecule has 3 saturated carbocycles. The van der Waals surface area contributed by atoms with E-state index in [1.54, 1.807) is 6.92 Å². The SMILES string of the molecule is CCOC(=O)/C(C#N)=C\C1C2CCC3C2C(C)(C)CCCC13C. The van der Waals surface area contributed by atoms with Crippen LogP contribution in [0.3, 0.4) is 0 Å². The summed E-state index contributed by atoms with van der Waals surface area (Å²) in [5.74, 6) is 2.00. The van der Waals surface area contributed by atoms with Gasteiger partial charge in [-0.25, -0.2) is 4.79 Å². The lowest BCUT2D eigenvalue weighted by Crippen LogP contribution is -2.33. The molecule has 0 radical (unpaired) electrons. The predicted octanol–water partition coefficient (Wildman–Crippen LogP) is 4.49. The van der Waals surface area contributed by atoms with E-state index in [1.165, 1.54) is 32.1 Å². The van der Waals surface area contributed by atoms with Gasteiger partial charge in [0.1, 0.15) is 11.6 Å². The third kappa shape index (κ3) is 2.42. The van der Waals surface area contributed by atoms with E-state index in [9.17, 15) is 10.1 Å². The molecule has 3 rings (SSSR count). The largest absolute Gasteiger partial charge is 0.462 e. The highest BCUT2D eigenvalue weighted by Crippen LogP contribution is 2.71. The van der Waals surface area contributed by atoms with Gasteiger partial charge in [0.15, 0.2) is 0 Å². The van der Waals surface area contributed by atoms with Crippen LogP contribution in [0.5, 0.6) is 0 Å². The Morgan fingerprint density at radius 1 is 1.30 bits per heavy atom. The zero-order valence-electron chi connectivity index (χ0n) is 14.9. The molecule has 0 aromatic rings. The van der Waals surface area contributed by atoms with E-state index in [1.807, 2.05) is 6.08 Å². The van der Waals surface area contributed by atoms with Crippen LogP contribution in [-0.2, 0) is 9.53 Å². The van der Waals surface area contributed by atoms with Crippen LogP contribution in [0.4, 0.5) is 0 Å². The number of esters is 1. The van der Waals surface area contributed by atoms with Crippen molar-refractivity contribution < 1.29 is 9.53 Å². The molecule has 4 bridgehead atoms. The van der Waals surface area contributed by atoms with Crippen LogP contribution in [0.2, 0.25) is 0 Å². The van der Waals surface area contributed by atoms with Crippen molar-refractivity contribution in [1.82, 2.24) is 0 Å². The van der Waals surface area contributed by atoms with Crippen molar-refractivity contribution >= 4 is 5.97 Å². The number of nitrogens with zero attached hydrogens (tertiary/aromatic N) is 1. The van der Waals surface area contributed by atoms with E-state index in [2.05, 4.69) is 26.8 Å². The molecule has 0 aromatic heterocycles. The summed E-state index contributed by atoms with van der Waals surface area (Å²) < 4.78 is 5.07. The molecule has 5 unspecified atom stereocenters. The molecule has 3 aliphatic carbocycles. The average Bonchev–Trinajstić information content (AvgIpc) is 2.98. The van der Waals surface area contributed by atoms with Crippen LogP contribution in [0, 0.1) is 45.8 Å². The first-order chi connectivity index (χ1) is 10.8. The van der Waals surface area contributed by atoms with Crippen LogP contribution in [0.25, 0.3) is 0 Å². The molecular weight excluding hydrogens is 286 g/mol. The Morgan fingerprint density at radius 2 is 2.04 bits per heavy atom. The van der Waals surface area contributed by atoms with Crippen LogP contribution in [-0.4, -0.2) is 12.6 Å². The summed E-state index contributed by atoms with van der Waals surface area (Å²) in [7, 11) is 0. The molecule has 3 fully saturated rings. The number of ether oxygens (including phenoxy) is 1. The number of carbonyl (C=O) groups is 1. The van der Waals surface area contributed by atoms with Crippen molar-refractivity contribution in [1.29, 1.82) is 5.26 Å². The number of hydrogen-bond acceptors (Lipinski definition) is 3. The first kappa shape index (κ1) is 16.6. The number of rotatable bonds is 3. The lowest BCUT2D eigenvalue weighted by molar-refractivity contribution is -0.138. The maximum Gasteiger partial charge on any atom is 0.348 e. The topological polar surface area (TPSA) is 50.1 Å². The molecule has 0 saturated heterocycles. The number of nitriles is 1. The van der Waals surface area contributed by atoms with Crippen molar-refractivity contribution in [2.75, 3.05) is 6.61 Å². The minimum Gasteiger partial charge on any atom is -0.462 e. The van der Waals surface area contributed by atoms with E-state index in [0.717, 1.165) is 11.8 Å². The van der Waals surface area contributed by atoms with Gasteiger partial charge in [-0.05, 0) is 67.1 Å². The Morgan fingerprint density at radius 3 is 2.70 bits per heavy atom. The summed E-state index contributed by atoms with van der Waals surface area (Å²) >= 11 is 0. The second-order valence-electron chi connectivity index (χ2n) is 8.66. The third-order valence-corrected chi connectivity index (χ3v) is 7.18. The van der Waals surface area contributed by atoms with Crippen LogP contribution < -0.4 is 0 Å². The summed E-state index contributed by atoms with van der Waals surface area (Å²) in [5.41, 5.74) is 0.839. The molecule has 23 heavy (non-hydrogen) atoms. The molecule has 0 N–H and O–H groups in total. The monoisotopic (exact) mass is 315 g/mol. The molecule has 0 aromatic carbocycles. The number of carbonyl (C=O) groups excluding carboxylic acids is 1. The Labute approximate surface area is 140 Å². The molecule has 0 aliphatic heterocycles. The summed E-state index contributed by atoms with van der Waals surface area (Å²) in [6.07, 6.45) is 8.33. The maximum atomic E-state index is 12.0. The fraction of sp³-hybridized carbons (Fsp3) is 0.800. The van der Waals surface area contributed by atoms with Gasteiger partial charge in [-0.2, -0.15) is 5.26 Å². The first-order valence-corrected chi connectivity index (χ1v) is 9.14. The first-order valence-electron chi connectivity index (χ1n) is 9.14. The van der Waals surface area contributed by atoms with E-state index < -0.39 is 5.97 Å². The fourth-order valence-corrected chi connectivity index (χ4v) is 6.33. The van der Waals surface area contributed by atoms with Gasteiger partial charge >= 0.3 is 5.97 Å². The lowest BCUT2D eigenvalue weighted by atomic mass is 9.64. The second kappa shape index (κ2) is 5.65. The molecule has 3 heteroatoms. The van der Waals surface area contributed by atoms with Gasteiger partial charge in [-0.15, -0.1) is 0 Å². The smallest absolute Gasteiger partial charge is 0.348 e. The van der Waals surface area contributed by atoms with E-state index in [4.69, 9.17) is 4.74 Å². The Bertz CT molecular complexity index is 571. The highest BCUT2D eigenvalue weighted by molar-refractivity contribution is 5.92. The summed E-state index contributed by atoms with van der Waals surface area (Å²) in [6, 6.07) is 2.09. The molecule has 126 valence electrons. The quantitative estimate of drug-likeness (QED) is 0.438. The fourth-order valence-electron chi connectivity index (χ4n) is 6.33. The molecule has 3 aliphatic rings. The van der Waals surface area contributed by atoms with Gasteiger partial charge in [0, 0.05) is 0 Å². The van der Waals surface area contributed by atoms with E-state index >= 15 is 0 Å². The maximum absolute atomic E-state index is 12.0. The van der Waals surface area contributed by atoms with Gasteiger partial charge in [0.25, 0.3) is 0 Å². The molecule has 0 spiro atoms. The Hall–Kier alpha value is -1.30. The summed E-state index contributed by atoms with van der Waals surface area (Å²) in [6.45, 7) is 9.37. The van der Waals surface area contributed by atoms with Gasteiger partial charge in [-0.3, -0.25) is 0 Å². The van der Waals surface area contributed by atoms with Crippen LogP contribution in [0.1, 0.15) is 59.8 Å². The van der Waals surface area contributed by atoms with E-state index in [0.29, 0.717) is 23.9 Å². The minimum absolute atomic E-state index is 0.216. The second-order valence-corrected chi connectivity index (χ2v) is 8.66. The molecule has 0 heterocycles. The van der Waals surface area contributed by atoms with Gasteiger partial charge in [-0.1, -0.05) is 33.3 Å². The Kier molecular flexibility index (Phi) is 4.07. The van der Waals surface area contributed by atoms with Crippen LogP contribution >= 0.6 is 0 Å². The summed E-state index contributed by atoms with van der Waals surface area (Å²) in [4.78, 5) is 12.0. The average molecular weight is 315 g/mol. The zero-order valence-corrected chi connectivity index (χ0v) is 14.9. The van der Waals surface area contributed by atoms with E-state index in [-0.39, 0.29) is 11.0 Å². The van der Waals surface area contributed by atoms with Gasteiger partial charge in [0.2, 0.25) is 0 Å². The van der Waals surface area contributed by atoms with Gasteiger partial charge in [0.05, 0.1) is 6.61 Å². The van der Waals surface area contributed by atoms with Crippen molar-refractivity contribution in [3.63, 3.8) is 0 Å². The highest BCUT2D eigenvalue weighted by atomic mass is 16.5.